The Hall–Kier alpha value is -1.46. The van der Waals surface area contributed by atoms with E-state index >= 15 is 0 Å². The molecule has 2 aromatic carbocycles. The van der Waals surface area contributed by atoms with Gasteiger partial charge in [-0.15, -0.1) is 0 Å². The van der Waals surface area contributed by atoms with Gasteiger partial charge in [-0.25, -0.2) is 0 Å². The van der Waals surface area contributed by atoms with Crippen LogP contribution in [0.25, 0.3) is 0 Å². The van der Waals surface area contributed by atoms with E-state index in [1.54, 1.807) is 18.2 Å². The summed E-state index contributed by atoms with van der Waals surface area (Å²) in [6.07, 6.45) is 1.68. The molecule has 136 valence electrons. The molecule has 0 radical (unpaired) electrons. The second kappa shape index (κ2) is 6.93. The molecule has 4 rings (SSSR count). The van der Waals surface area contributed by atoms with Crippen LogP contribution in [-0.4, -0.2) is 29.9 Å². The number of amides is 1. The fraction of sp³-hybridized carbons (Fsp3) is 0.316. The maximum atomic E-state index is 11.8. The molecule has 1 aliphatic heterocycles. The van der Waals surface area contributed by atoms with Gasteiger partial charge in [0.05, 0.1) is 11.6 Å². The minimum absolute atomic E-state index is 0.145. The summed E-state index contributed by atoms with van der Waals surface area (Å²) in [6.45, 7) is 2.04. The van der Waals surface area contributed by atoms with Crippen LogP contribution in [0, 0.1) is 0 Å². The molecule has 1 heterocycles. The van der Waals surface area contributed by atoms with Gasteiger partial charge in [0.1, 0.15) is 11.9 Å². The SMILES string of the molecule is NC(=O)c1cc(Cl)ccc1O[C@H]1c2cc(Cl)cc(Cl)c2C[C@H]1N1CCC1. The lowest BCUT2D eigenvalue weighted by molar-refractivity contribution is 0.0381. The van der Waals surface area contributed by atoms with E-state index in [0.29, 0.717) is 20.8 Å². The molecule has 2 atom stereocenters. The van der Waals surface area contributed by atoms with Crippen LogP contribution < -0.4 is 10.5 Å². The molecule has 0 saturated carbocycles. The molecule has 2 aromatic rings. The molecule has 0 spiro atoms. The van der Waals surface area contributed by atoms with Crippen molar-refractivity contribution in [3.05, 3.63) is 62.1 Å². The number of primary amides is 1. The molecule has 4 nitrogen and oxygen atoms in total. The summed E-state index contributed by atoms with van der Waals surface area (Å²) in [6, 6.07) is 8.69. The minimum Gasteiger partial charge on any atom is -0.483 e. The highest BCUT2D eigenvalue weighted by atomic mass is 35.5. The summed E-state index contributed by atoms with van der Waals surface area (Å²) in [4.78, 5) is 14.2. The van der Waals surface area contributed by atoms with Crippen LogP contribution in [0.1, 0.15) is 34.0 Å². The number of nitrogens with two attached hydrogens (primary N) is 1. The van der Waals surface area contributed by atoms with E-state index in [1.165, 1.54) is 12.5 Å². The number of nitrogens with zero attached hydrogens (tertiary/aromatic N) is 1. The minimum atomic E-state index is -0.578. The van der Waals surface area contributed by atoms with E-state index in [1.807, 2.05) is 6.07 Å². The van der Waals surface area contributed by atoms with Gasteiger partial charge in [-0.1, -0.05) is 34.8 Å². The van der Waals surface area contributed by atoms with Crippen molar-refractivity contribution in [1.29, 1.82) is 0 Å². The fourth-order valence-corrected chi connectivity index (χ4v) is 4.44. The number of hydrogen-bond donors (Lipinski definition) is 1. The number of halogens is 3. The first kappa shape index (κ1) is 17.9. The largest absolute Gasteiger partial charge is 0.483 e. The van der Waals surface area contributed by atoms with Gasteiger partial charge in [-0.05, 0) is 61.8 Å². The molecule has 26 heavy (non-hydrogen) atoms. The molecule has 0 unspecified atom stereocenters. The maximum Gasteiger partial charge on any atom is 0.252 e. The number of fused-ring (bicyclic) bond motifs is 1. The summed E-state index contributed by atoms with van der Waals surface area (Å²) >= 11 is 18.7. The molecular formula is C19H17Cl3N2O2. The van der Waals surface area contributed by atoms with Gasteiger partial charge in [0.25, 0.3) is 5.91 Å². The summed E-state index contributed by atoms with van der Waals surface area (Å²) < 4.78 is 6.31. The number of rotatable bonds is 4. The normalized spacial score (nSPS) is 22.0. The van der Waals surface area contributed by atoms with Crippen LogP contribution in [0.15, 0.2) is 30.3 Å². The lowest BCUT2D eigenvalue weighted by Gasteiger charge is -2.39. The molecule has 7 heteroatoms. The standard InChI is InChI=1S/C19H17Cl3N2O2/c20-10-2-3-17(14(6-10)19(23)25)26-18-13-7-11(21)8-15(22)12(13)9-16(18)24-4-1-5-24/h2-3,6-8,16,18H,1,4-5,9H2,(H2,23,25)/t16-,18+/m1/s1. The van der Waals surface area contributed by atoms with Crippen LogP contribution >= 0.6 is 34.8 Å². The monoisotopic (exact) mass is 410 g/mol. The molecule has 1 aliphatic carbocycles. The molecule has 2 aliphatic rings. The van der Waals surface area contributed by atoms with Crippen molar-refractivity contribution in [2.24, 2.45) is 5.73 Å². The Morgan fingerprint density at radius 1 is 1.12 bits per heavy atom. The zero-order valence-electron chi connectivity index (χ0n) is 13.8. The third-order valence-electron chi connectivity index (χ3n) is 5.08. The highest BCUT2D eigenvalue weighted by Crippen LogP contribution is 2.44. The van der Waals surface area contributed by atoms with Gasteiger partial charge in [0.15, 0.2) is 0 Å². The number of carbonyl (C=O) groups excluding carboxylic acids is 1. The van der Waals surface area contributed by atoms with Gasteiger partial charge >= 0.3 is 0 Å². The number of likely N-dealkylation sites (tertiary alicyclic amines) is 1. The average Bonchev–Trinajstić information content (AvgIpc) is 2.86. The van der Waals surface area contributed by atoms with Crippen molar-refractivity contribution in [2.75, 3.05) is 13.1 Å². The molecular weight excluding hydrogens is 395 g/mol. The summed E-state index contributed by atoms with van der Waals surface area (Å²) in [5, 5.41) is 1.65. The van der Waals surface area contributed by atoms with Crippen molar-refractivity contribution in [3.63, 3.8) is 0 Å². The first-order chi connectivity index (χ1) is 12.4. The van der Waals surface area contributed by atoms with Gasteiger partial charge in [0.2, 0.25) is 0 Å². The number of ether oxygens (including phenoxy) is 1. The predicted molar refractivity (Wildman–Crippen MR) is 103 cm³/mol. The van der Waals surface area contributed by atoms with E-state index in [2.05, 4.69) is 4.90 Å². The highest BCUT2D eigenvalue weighted by molar-refractivity contribution is 6.35. The third-order valence-corrected chi connectivity index (χ3v) is 5.88. The van der Waals surface area contributed by atoms with Crippen LogP contribution in [0.3, 0.4) is 0 Å². The maximum absolute atomic E-state index is 11.8. The second-order valence-electron chi connectivity index (χ2n) is 6.66. The zero-order chi connectivity index (χ0) is 18.4. The van der Waals surface area contributed by atoms with Crippen LogP contribution in [0.5, 0.6) is 5.75 Å². The van der Waals surface area contributed by atoms with Crippen molar-refractivity contribution in [2.45, 2.75) is 25.0 Å². The van der Waals surface area contributed by atoms with Crippen LogP contribution in [0.2, 0.25) is 15.1 Å². The summed E-state index contributed by atoms with van der Waals surface area (Å²) in [5.74, 6) is -0.160. The topological polar surface area (TPSA) is 55.6 Å². The van der Waals surface area contributed by atoms with Crippen molar-refractivity contribution >= 4 is 40.7 Å². The molecule has 0 bridgehead atoms. The quantitative estimate of drug-likeness (QED) is 0.806. The van der Waals surface area contributed by atoms with Crippen molar-refractivity contribution < 1.29 is 9.53 Å². The van der Waals surface area contributed by atoms with E-state index in [9.17, 15) is 4.79 Å². The number of benzene rings is 2. The van der Waals surface area contributed by atoms with E-state index < -0.39 is 5.91 Å². The zero-order valence-corrected chi connectivity index (χ0v) is 16.1. The number of hydrogen-bond acceptors (Lipinski definition) is 3. The van der Waals surface area contributed by atoms with Crippen LogP contribution in [0.4, 0.5) is 0 Å². The second-order valence-corrected chi connectivity index (χ2v) is 7.94. The molecule has 1 saturated heterocycles. The van der Waals surface area contributed by atoms with Crippen molar-refractivity contribution in [1.82, 2.24) is 4.90 Å². The Morgan fingerprint density at radius 2 is 1.88 bits per heavy atom. The third kappa shape index (κ3) is 3.16. The average molecular weight is 412 g/mol. The van der Waals surface area contributed by atoms with E-state index in [0.717, 1.165) is 30.6 Å². The Labute approximate surface area is 166 Å². The lowest BCUT2D eigenvalue weighted by Crippen LogP contribution is -2.48. The van der Waals surface area contributed by atoms with Gasteiger partial charge in [0, 0.05) is 20.6 Å². The molecule has 0 aromatic heterocycles. The van der Waals surface area contributed by atoms with Crippen molar-refractivity contribution in [3.8, 4) is 5.75 Å². The molecule has 1 amide bonds. The Morgan fingerprint density at radius 3 is 2.54 bits per heavy atom. The van der Waals surface area contributed by atoms with Gasteiger partial charge in [-0.3, -0.25) is 9.69 Å². The highest BCUT2D eigenvalue weighted by Gasteiger charge is 2.41. The van der Waals surface area contributed by atoms with Crippen LogP contribution in [-0.2, 0) is 6.42 Å². The Kier molecular flexibility index (Phi) is 4.78. The Bertz CT molecular complexity index is 883. The smallest absolute Gasteiger partial charge is 0.252 e. The molecule has 2 N–H and O–H groups in total. The van der Waals surface area contributed by atoms with Gasteiger partial charge < -0.3 is 10.5 Å². The number of carbonyl (C=O) groups is 1. The van der Waals surface area contributed by atoms with Gasteiger partial charge in [-0.2, -0.15) is 0 Å². The lowest BCUT2D eigenvalue weighted by atomic mass is 10.0. The van der Waals surface area contributed by atoms with E-state index in [4.69, 9.17) is 45.3 Å². The Balaban J connectivity index is 1.75. The first-order valence-corrected chi connectivity index (χ1v) is 9.55. The fourth-order valence-electron chi connectivity index (χ4n) is 3.69. The summed E-state index contributed by atoms with van der Waals surface area (Å²) in [5.41, 5.74) is 7.78. The van der Waals surface area contributed by atoms with E-state index in [-0.39, 0.29) is 17.7 Å². The summed E-state index contributed by atoms with van der Waals surface area (Å²) in [7, 11) is 0. The first-order valence-electron chi connectivity index (χ1n) is 8.42. The molecule has 1 fully saturated rings. The predicted octanol–water partition coefficient (Wildman–Crippen LogP) is 4.50.